The van der Waals surface area contributed by atoms with Crippen LogP contribution in [-0.2, 0) is 20.0 Å². The summed E-state index contributed by atoms with van der Waals surface area (Å²) in [5.41, 5.74) is 3.35. The summed E-state index contributed by atoms with van der Waals surface area (Å²) in [6.07, 6.45) is 3.94. The lowest BCUT2D eigenvalue weighted by atomic mass is 10.1. The summed E-state index contributed by atoms with van der Waals surface area (Å²) in [6.45, 7) is 4.78. The van der Waals surface area contributed by atoms with E-state index in [2.05, 4.69) is 34.5 Å². The molecular weight excluding hydrogens is 368 g/mol. The van der Waals surface area contributed by atoms with Crippen LogP contribution in [0.3, 0.4) is 0 Å². The van der Waals surface area contributed by atoms with E-state index >= 15 is 0 Å². The fourth-order valence-corrected chi connectivity index (χ4v) is 3.56. The molecule has 3 heterocycles. The number of aryl methyl sites for hydroxylation is 2. The molecule has 1 aromatic carbocycles. The summed E-state index contributed by atoms with van der Waals surface area (Å²) in [5, 5.41) is 7.49. The second-order valence-electron chi connectivity index (χ2n) is 7.41. The SMILES string of the molecule is Cc1cn([C@H](C)c2ccccc2)nc1NC(=O)N1CCc2c(ncn(C)c2=O)C1. The highest BCUT2D eigenvalue weighted by Gasteiger charge is 2.25. The van der Waals surface area contributed by atoms with Crippen LogP contribution in [0.5, 0.6) is 0 Å². The molecule has 0 saturated heterocycles. The van der Waals surface area contributed by atoms with Gasteiger partial charge >= 0.3 is 6.03 Å². The van der Waals surface area contributed by atoms with Crippen LogP contribution < -0.4 is 10.9 Å². The highest BCUT2D eigenvalue weighted by atomic mass is 16.2. The van der Waals surface area contributed by atoms with Crippen LogP contribution in [0.15, 0.2) is 47.7 Å². The Morgan fingerprint density at radius 3 is 2.76 bits per heavy atom. The van der Waals surface area contributed by atoms with Crippen molar-refractivity contribution in [1.29, 1.82) is 0 Å². The van der Waals surface area contributed by atoms with Gasteiger partial charge in [-0.15, -0.1) is 0 Å². The maximum atomic E-state index is 12.8. The largest absolute Gasteiger partial charge is 0.323 e. The second-order valence-corrected chi connectivity index (χ2v) is 7.41. The third kappa shape index (κ3) is 3.65. The van der Waals surface area contributed by atoms with Gasteiger partial charge in [-0.3, -0.25) is 14.8 Å². The highest BCUT2D eigenvalue weighted by molar-refractivity contribution is 5.89. The predicted molar refractivity (Wildman–Crippen MR) is 110 cm³/mol. The standard InChI is InChI=1S/C21H24N6O2/c1-14-11-27(15(2)16-7-5-4-6-8-16)24-19(14)23-21(29)26-10-9-17-18(12-26)22-13-25(3)20(17)28/h4-8,11,13,15H,9-10,12H2,1-3H3,(H,23,24,29)/t15-/m1/s1. The van der Waals surface area contributed by atoms with E-state index in [4.69, 9.17) is 0 Å². The molecule has 4 rings (SSSR count). The predicted octanol–water partition coefficient (Wildman–Crippen LogP) is 2.48. The number of anilines is 1. The summed E-state index contributed by atoms with van der Waals surface area (Å²) in [4.78, 5) is 31.0. The van der Waals surface area contributed by atoms with Crippen molar-refractivity contribution in [2.75, 3.05) is 11.9 Å². The van der Waals surface area contributed by atoms with E-state index < -0.39 is 0 Å². The Balaban J connectivity index is 1.48. The first-order valence-electron chi connectivity index (χ1n) is 9.64. The van der Waals surface area contributed by atoms with Crippen molar-refractivity contribution in [3.63, 3.8) is 0 Å². The first-order chi connectivity index (χ1) is 13.9. The van der Waals surface area contributed by atoms with Crippen molar-refractivity contribution in [3.05, 3.63) is 75.6 Å². The van der Waals surface area contributed by atoms with Crippen LogP contribution in [0, 0.1) is 6.92 Å². The number of fused-ring (bicyclic) bond motifs is 1. The number of carbonyl (C=O) groups is 1. The first kappa shape index (κ1) is 18.9. The van der Waals surface area contributed by atoms with Gasteiger partial charge in [0.2, 0.25) is 0 Å². The zero-order valence-electron chi connectivity index (χ0n) is 16.8. The zero-order valence-corrected chi connectivity index (χ0v) is 16.8. The molecule has 29 heavy (non-hydrogen) atoms. The van der Waals surface area contributed by atoms with E-state index in [1.54, 1.807) is 11.9 Å². The number of hydrogen-bond donors (Lipinski definition) is 1. The summed E-state index contributed by atoms with van der Waals surface area (Å²) < 4.78 is 3.33. The lowest BCUT2D eigenvalue weighted by molar-refractivity contribution is 0.205. The molecule has 0 spiro atoms. The Kier molecular flexibility index (Phi) is 4.92. The first-order valence-corrected chi connectivity index (χ1v) is 9.64. The van der Waals surface area contributed by atoms with Gasteiger partial charge in [-0.1, -0.05) is 30.3 Å². The monoisotopic (exact) mass is 392 g/mol. The zero-order chi connectivity index (χ0) is 20.5. The molecule has 0 fully saturated rings. The van der Waals surface area contributed by atoms with Gasteiger partial charge < -0.3 is 9.47 Å². The lowest BCUT2D eigenvalue weighted by Crippen LogP contribution is -2.42. The van der Waals surface area contributed by atoms with Crippen LogP contribution >= 0.6 is 0 Å². The molecule has 0 aliphatic carbocycles. The third-order valence-corrected chi connectivity index (χ3v) is 5.39. The molecular formula is C21H24N6O2. The van der Waals surface area contributed by atoms with Crippen molar-refractivity contribution in [2.24, 2.45) is 7.05 Å². The fourth-order valence-electron chi connectivity index (χ4n) is 3.56. The number of benzene rings is 1. The molecule has 2 amide bonds. The Hall–Kier alpha value is -3.42. The van der Waals surface area contributed by atoms with Gasteiger partial charge in [-0.2, -0.15) is 5.10 Å². The fraction of sp³-hybridized carbons (Fsp3) is 0.333. The number of nitrogens with zero attached hydrogens (tertiary/aromatic N) is 5. The minimum absolute atomic E-state index is 0.0421. The maximum absolute atomic E-state index is 12.8. The molecule has 1 aliphatic rings. The molecule has 1 atom stereocenters. The quantitative estimate of drug-likeness (QED) is 0.742. The molecule has 0 bridgehead atoms. The molecule has 0 unspecified atom stereocenters. The molecule has 1 aliphatic heterocycles. The van der Waals surface area contributed by atoms with E-state index in [0.29, 0.717) is 36.6 Å². The number of rotatable bonds is 3. The molecule has 8 nitrogen and oxygen atoms in total. The van der Waals surface area contributed by atoms with Crippen molar-refractivity contribution in [1.82, 2.24) is 24.2 Å². The van der Waals surface area contributed by atoms with Crippen molar-refractivity contribution >= 4 is 11.8 Å². The van der Waals surface area contributed by atoms with Crippen LogP contribution in [0.4, 0.5) is 10.6 Å². The van der Waals surface area contributed by atoms with Gasteiger partial charge in [-0.25, -0.2) is 9.78 Å². The number of urea groups is 1. The molecule has 0 saturated carbocycles. The molecule has 2 aromatic heterocycles. The van der Waals surface area contributed by atoms with Crippen LogP contribution in [0.1, 0.15) is 35.3 Å². The molecule has 8 heteroatoms. The highest BCUT2D eigenvalue weighted by Crippen LogP contribution is 2.22. The smallest absolute Gasteiger partial charge is 0.318 e. The van der Waals surface area contributed by atoms with Crippen LogP contribution in [0.25, 0.3) is 0 Å². The summed E-state index contributed by atoms with van der Waals surface area (Å²) in [5.74, 6) is 0.542. The Bertz CT molecular complexity index is 1100. The Morgan fingerprint density at radius 2 is 2.00 bits per heavy atom. The minimum atomic E-state index is -0.237. The van der Waals surface area contributed by atoms with E-state index in [1.165, 1.54) is 10.9 Å². The Labute approximate surface area is 168 Å². The van der Waals surface area contributed by atoms with Crippen molar-refractivity contribution in [3.8, 4) is 0 Å². The number of amides is 2. The van der Waals surface area contributed by atoms with Gasteiger partial charge in [-0.05, 0) is 25.8 Å². The summed E-state index contributed by atoms with van der Waals surface area (Å²) >= 11 is 0. The molecule has 0 radical (unpaired) electrons. The normalized spacial score (nSPS) is 14.4. The van der Waals surface area contributed by atoms with E-state index in [0.717, 1.165) is 11.1 Å². The van der Waals surface area contributed by atoms with Crippen LogP contribution in [-0.4, -0.2) is 36.8 Å². The summed E-state index contributed by atoms with van der Waals surface area (Å²) in [7, 11) is 1.68. The second kappa shape index (κ2) is 7.54. The van der Waals surface area contributed by atoms with Crippen molar-refractivity contribution in [2.45, 2.75) is 32.9 Å². The average Bonchev–Trinajstić information content (AvgIpc) is 3.10. The maximum Gasteiger partial charge on any atom is 0.323 e. The van der Waals surface area contributed by atoms with Gasteiger partial charge in [0, 0.05) is 30.9 Å². The van der Waals surface area contributed by atoms with Gasteiger partial charge in [0.25, 0.3) is 5.56 Å². The van der Waals surface area contributed by atoms with E-state index in [-0.39, 0.29) is 17.6 Å². The van der Waals surface area contributed by atoms with E-state index in [1.807, 2.05) is 36.0 Å². The Morgan fingerprint density at radius 1 is 1.24 bits per heavy atom. The third-order valence-electron chi connectivity index (χ3n) is 5.39. The van der Waals surface area contributed by atoms with Crippen molar-refractivity contribution < 1.29 is 4.79 Å². The van der Waals surface area contributed by atoms with Gasteiger partial charge in [0.15, 0.2) is 5.82 Å². The summed E-state index contributed by atoms with van der Waals surface area (Å²) in [6, 6.07) is 9.92. The number of hydrogen-bond acceptors (Lipinski definition) is 4. The van der Waals surface area contributed by atoms with Crippen LogP contribution in [0.2, 0.25) is 0 Å². The average molecular weight is 392 g/mol. The molecule has 3 aromatic rings. The van der Waals surface area contributed by atoms with Gasteiger partial charge in [0.1, 0.15) is 0 Å². The lowest BCUT2D eigenvalue weighted by Gasteiger charge is -2.27. The number of aromatic nitrogens is 4. The number of carbonyl (C=O) groups excluding carboxylic acids is 1. The van der Waals surface area contributed by atoms with E-state index in [9.17, 15) is 9.59 Å². The molecule has 1 N–H and O–H groups in total. The minimum Gasteiger partial charge on any atom is -0.318 e. The van der Waals surface area contributed by atoms with Gasteiger partial charge in [0.05, 0.1) is 24.6 Å². The topological polar surface area (TPSA) is 85.1 Å². The number of nitrogens with one attached hydrogen (secondary N) is 1. The molecule has 150 valence electrons.